The van der Waals surface area contributed by atoms with Crippen LogP contribution in [0.15, 0.2) is 72.9 Å². The molecule has 3 N–H and O–H groups in total. The third-order valence-corrected chi connectivity index (χ3v) is 16.5. The maximum absolute atomic E-state index is 13.0. The number of unbranched alkanes of at least 4 members (excludes halogenated alkanes) is 38. The maximum atomic E-state index is 13.0. The Labute approximate surface area is 497 Å². The Kier molecular flexibility index (Phi) is 59.9. The normalized spacial score (nSPS) is 14.1. The van der Waals surface area contributed by atoms with Crippen molar-refractivity contribution in [1.29, 1.82) is 0 Å². The summed E-state index contributed by atoms with van der Waals surface area (Å²) < 4.78 is 23.8. The van der Waals surface area contributed by atoms with Gasteiger partial charge in [-0.2, -0.15) is 0 Å². The zero-order valence-corrected chi connectivity index (χ0v) is 54.5. The molecule has 0 aliphatic rings. The number of amides is 1. The maximum Gasteiger partial charge on any atom is 0.472 e. The molecule has 0 aliphatic carbocycles. The van der Waals surface area contributed by atoms with Gasteiger partial charge in [0.1, 0.15) is 13.2 Å². The summed E-state index contributed by atoms with van der Waals surface area (Å²) in [5.41, 5.74) is 0. The number of aliphatic hydroxyl groups excluding tert-OH is 1. The van der Waals surface area contributed by atoms with Gasteiger partial charge in [0.15, 0.2) is 0 Å². The lowest BCUT2D eigenvalue weighted by atomic mass is 10.0. The number of phosphoric ester groups is 1. The highest BCUT2D eigenvalue weighted by Gasteiger charge is 2.28. The molecule has 0 saturated carbocycles. The number of rotatable bonds is 63. The Morgan fingerprint density at radius 3 is 1.10 bits per heavy atom. The number of nitrogens with one attached hydrogen (secondary N) is 1. The van der Waals surface area contributed by atoms with Crippen LogP contribution in [0.2, 0.25) is 0 Å². The smallest absolute Gasteiger partial charge is 0.391 e. The molecule has 0 rings (SSSR count). The van der Waals surface area contributed by atoms with Gasteiger partial charge in [0.25, 0.3) is 0 Å². The lowest BCUT2D eigenvalue weighted by Crippen LogP contribution is -2.46. The number of hydrogen-bond acceptors (Lipinski definition) is 5. The molecule has 9 heteroatoms. The summed E-state index contributed by atoms with van der Waals surface area (Å²) >= 11 is 0. The van der Waals surface area contributed by atoms with Gasteiger partial charge in [0.2, 0.25) is 5.91 Å². The van der Waals surface area contributed by atoms with E-state index >= 15 is 0 Å². The first-order valence-corrected chi connectivity index (χ1v) is 35.8. The molecular weight excluding hydrogens is 1010 g/mol. The number of phosphoric acid groups is 1. The standard InChI is InChI=1S/C71H133N2O6P/c1-6-8-10-12-14-16-18-20-22-24-25-26-27-28-29-30-31-32-33-34-35-36-37-38-39-40-41-42-43-44-45-46-47-49-51-53-55-57-59-61-63-65-71(75)72-69(68-79-80(76,77)78-67-66-73(3,4)5)70(74)64-62-60-58-56-54-52-50-48-23-21-19-17-15-13-11-9-7-2/h8,10,14,16,20,22,25-26,28-29,31-32,69-70,74H,6-7,9,11-13,15,17-19,21,23-24,27,30,33-68H2,1-5H3,(H-,72,75,76,77)/p+1/b10-8-,16-14-,22-20-,26-25-,29-28-,32-31-. The fourth-order valence-electron chi connectivity index (χ4n) is 10.2. The number of quaternary nitrogens is 1. The Bertz CT molecular complexity index is 1530. The summed E-state index contributed by atoms with van der Waals surface area (Å²) in [5, 5.41) is 14.1. The van der Waals surface area contributed by atoms with Crippen LogP contribution < -0.4 is 5.32 Å². The highest BCUT2D eigenvalue weighted by Crippen LogP contribution is 2.43. The lowest BCUT2D eigenvalue weighted by molar-refractivity contribution is -0.870. The molecule has 0 aliphatic heterocycles. The van der Waals surface area contributed by atoms with Crippen LogP contribution in [0.5, 0.6) is 0 Å². The van der Waals surface area contributed by atoms with Crippen molar-refractivity contribution in [1.82, 2.24) is 5.32 Å². The molecule has 0 aromatic rings. The van der Waals surface area contributed by atoms with E-state index in [0.717, 1.165) is 77.0 Å². The second-order valence-electron chi connectivity index (χ2n) is 24.5. The molecule has 0 spiro atoms. The van der Waals surface area contributed by atoms with E-state index in [-0.39, 0.29) is 19.1 Å². The van der Waals surface area contributed by atoms with Crippen LogP contribution in [0.4, 0.5) is 0 Å². The Balaban J connectivity index is 3.90. The Morgan fingerprint density at radius 1 is 0.438 bits per heavy atom. The van der Waals surface area contributed by atoms with Gasteiger partial charge in [-0.1, -0.05) is 324 Å². The van der Waals surface area contributed by atoms with Crippen molar-refractivity contribution < 1.29 is 32.9 Å². The number of carbonyl (C=O) groups excluding carboxylic acids is 1. The molecule has 0 aromatic carbocycles. The van der Waals surface area contributed by atoms with E-state index in [1.54, 1.807) is 0 Å². The molecule has 0 radical (unpaired) electrons. The van der Waals surface area contributed by atoms with E-state index < -0.39 is 20.0 Å². The van der Waals surface area contributed by atoms with E-state index in [9.17, 15) is 19.4 Å². The summed E-state index contributed by atoms with van der Waals surface area (Å²) in [6.45, 7) is 4.81. The number of likely N-dealkylation sites (N-methyl/N-ethyl adjacent to an activating group) is 1. The number of allylic oxidation sites excluding steroid dienone is 12. The van der Waals surface area contributed by atoms with Gasteiger partial charge in [0, 0.05) is 6.42 Å². The Morgan fingerprint density at radius 2 is 0.750 bits per heavy atom. The third-order valence-electron chi connectivity index (χ3n) is 15.5. The summed E-state index contributed by atoms with van der Waals surface area (Å²) in [6, 6.07) is -0.761. The SMILES string of the molecule is CC/C=C\C/C=C\C/C=C\C/C=C\C/C=C\C/C=C\CCCCCCCCCCCCCCCCCCCCCCCCC(=O)NC(COP(=O)(O)OCC[N+](C)(C)C)C(O)CCCCCCCCCCCCCCCCCCC. The average molecular weight is 1140 g/mol. The average Bonchev–Trinajstić information content (AvgIpc) is 3.42. The third kappa shape index (κ3) is 63.5. The predicted octanol–water partition coefficient (Wildman–Crippen LogP) is 21.8. The molecule has 0 bridgehead atoms. The minimum atomic E-state index is -4.33. The quantitative estimate of drug-likeness (QED) is 0.0243. The molecule has 0 heterocycles. The van der Waals surface area contributed by atoms with E-state index in [4.69, 9.17) is 9.05 Å². The van der Waals surface area contributed by atoms with Crippen LogP contribution in [0.3, 0.4) is 0 Å². The largest absolute Gasteiger partial charge is 0.472 e. The molecule has 0 fully saturated rings. The minimum Gasteiger partial charge on any atom is -0.391 e. The van der Waals surface area contributed by atoms with Crippen molar-refractivity contribution in [3.05, 3.63) is 72.9 Å². The molecular formula is C71H134N2O6P+. The van der Waals surface area contributed by atoms with Gasteiger partial charge >= 0.3 is 7.82 Å². The lowest BCUT2D eigenvalue weighted by Gasteiger charge is -2.26. The van der Waals surface area contributed by atoms with Gasteiger partial charge in [-0.05, 0) is 64.2 Å². The minimum absolute atomic E-state index is 0.0755. The number of aliphatic hydroxyl groups is 1. The van der Waals surface area contributed by atoms with Gasteiger partial charge in [0.05, 0.1) is 39.9 Å². The molecule has 0 saturated heterocycles. The number of carbonyl (C=O) groups is 1. The summed E-state index contributed by atoms with van der Waals surface area (Å²) in [7, 11) is 1.63. The fourth-order valence-corrected chi connectivity index (χ4v) is 10.9. The number of nitrogens with zero attached hydrogens (tertiary/aromatic N) is 1. The summed E-state index contributed by atoms with van der Waals surface area (Å²) in [5.74, 6) is -0.139. The highest BCUT2D eigenvalue weighted by molar-refractivity contribution is 7.47. The Hall–Kier alpha value is -2.06. The zero-order chi connectivity index (χ0) is 58.4. The fraction of sp³-hybridized carbons (Fsp3) is 0.817. The van der Waals surface area contributed by atoms with Crippen LogP contribution in [0, 0.1) is 0 Å². The molecule has 1 amide bonds. The first kappa shape index (κ1) is 77.9. The van der Waals surface area contributed by atoms with Crippen LogP contribution in [-0.2, 0) is 18.4 Å². The van der Waals surface area contributed by atoms with Crippen molar-refractivity contribution in [3.8, 4) is 0 Å². The van der Waals surface area contributed by atoms with Crippen LogP contribution in [-0.4, -0.2) is 73.4 Å². The second-order valence-corrected chi connectivity index (χ2v) is 26.0. The first-order valence-electron chi connectivity index (χ1n) is 34.3. The van der Waals surface area contributed by atoms with E-state index in [2.05, 4.69) is 92.1 Å². The molecule has 468 valence electrons. The van der Waals surface area contributed by atoms with Crippen molar-refractivity contribution in [3.63, 3.8) is 0 Å². The molecule has 80 heavy (non-hydrogen) atoms. The zero-order valence-electron chi connectivity index (χ0n) is 53.6. The van der Waals surface area contributed by atoms with Gasteiger partial charge in [-0.15, -0.1) is 0 Å². The second kappa shape index (κ2) is 61.5. The van der Waals surface area contributed by atoms with Crippen molar-refractivity contribution >= 4 is 13.7 Å². The van der Waals surface area contributed by atoms with Crippen molar-refractivity contribution in [2.24, 2.45) is 0 Å². The van der Waals surface area contributed by atoms with Crippen LogP contribution in [0.1, 0.15) is 322 Å². The van der Waals surface area contributed by atoms with Crippen molar-refractivity contribution in [2.45, 2.75) is 334 Å². The molecule has 8 nitrogen and oxygen atoms in total. The summed E-state index contributed by atoms with van der Waals surface area (Å²) in [4.78, 5) is 23.4. The van der Waals surface area contributed by atoms with Crippen molar-refractivity contribution in [2.75, 3.05) is 40.9 Å². The molecule has 3 unspecified atom stereocenters. The highest BCUT2D eigenvalue weighted by atomic mass is 31.2. The van der Waals surface area contributed by atoms with Crippen LogP contribution in [0.25, 0.3) is 0 Å². The van der Waals surface area contributed by atoms with E-state index in [1.165, 1.54) is 218 Å². The van der Waals surface area contributed by atoms with Gasteiger partial charge < -0.3 is 19.8 Å². The first-order chi connectivity index (χ1) is 39.0. The van der Waals surface area contributed by atoms with Gasteiger partial charge in [-0.3, -0.25) is 13.8 Å². The summed E-state index contributed by atoms with van der Waals surface area (Å²) in [6.07, 6.45) is 85.7. The van der Waals surface area contributed by atoms with Crippen LogP contribution >= 0.6 is 7.82 Å². The molecule has 3 atom stereocenters. The molecule has 0 aromatic heterocycles. The topological polar surface area (TPSA) is 105 Å². The van der Waals surface area contributed by atoms with E-state index in [0.29, 0.717) is 23.9 Å². The van der Waals surface area contributed by atoms with E-state index in [1.807, 2.05) is 21.1 Å². The predicted molar refractivity (Wildman–Crippen MR) is 350 cm³/mol. The van der Waals surface area contributed by atoms with Gasteiger partial charge in [-0.25, -0.2) is 4.57 Å². The monoisotopic (exact) mass is 1140 g/mol. The number of hydrogen-bond donors (Lipinski definition) is 3.